The molecule has 1 N–H and O–H groups in total. The molecule has 33 heavy (non-hydrogen) atoms. The van der Waals surface area contributed by atoms with Gasteiger partial charge in [0.15, 0.2) is 5.82 Å². The number of benzene rings is 3. The van der Waals surface area contributed by atoms with Crippen LogP contribution in [0.15, 0.2) is 77.8 Å². The molecule has 0 saturated carbocycles. The summed E-state index contributed by atoms with van der Waals surface area (Å²) in [6, 6.07) is 22.9. The smallest absolute Gasteiger partial charge is 0.234 e. The van der Waals surface area contributed by atoms with Crippen molar-refractivity contribution in [1.29, 1.82) is 0 Å². The number of halogens is 1. The van der Waals surface area contributed by atoms with Gasteiger partial charge in [0.1, 0.15) is 10.8 Å². The van der Waals surface area contributed by atoms with Gasteiger partial charge in [0.25, 0.3) is 0 Å². The van der Waals surface area contributed by atoms with E-state index in [-0.39, 0.29) is 11.7 Å². The lowest BCUT2D eigenvalue weighted by molar-refractivity contribution is -0.113. The van der Waals surface area contributed by atoms with E-state index in [1.807, 2.05) is 42.5 Å². The zero-order valence-electron chi connectivity index (χ0n) is 17.8. The van der Waals surface area contributed by atoms with E-state index in [0.29, 0.717) is 28.8 Å². The van der Waals surface area contributed by atoms with Crippen molar-refractivity contribution >= 4 is 35.0 Å². The third-order valence-electron chi connectivity index (χ3n) is 5.22. The Balaban J connectivity index is 1.44. The van der Waals surface area contributed by atoms with Crippen molar-refractivity contribution < 1.29 is 9.53 Å². The average molecular weight is 474 g/mol. The molecule has 2 heterocycles. The molecule has 0 bridgehead atoms. The fourth-order valence-electron chi connectivity index (χ4n) is 3.62. The van der Waals surface area contributed by atoms with Gasteiger partial charge in [-0.15, -0.1) is 0 Å². The van der Waals surface area contributed by atoms with Gasteiger partial charge in [0, 0.05) is 22.7 Å². The summed E-state index contributed by atoms with van der Waals surface area (Å²) in [5.41, 5.74) is 4.75. The number of rotatable bonds is 5. The van der Waals surface area contributed by atoms with Crippen molar-refractivity contribution in [1.82, 2.24) is 9.97 Å². The Kier molecular flexibility index (Phi) is 6.03. The number of nitrogens with zero attached hydrogens (tertiary/aromatic N) is 2. The maximum Gasteiger partial charge on any atom is 0.234 e. The van der Waals surface area contributed by atoms with Crippen LogP contribution in [-0.4, -0.2) is 21.6 Å². The molecule has 0 atom stereocenters. The van der Waals surface area contributed by atoms with Crippen LogP contribution in [0, 0.1) is 6.92 Å². The highest BCUT2D eigenvalue weighted by atomic mass is 35.5. The van der Waals surface area contributed by atoms with Crippen molar-refractivity contribution in [2.75, 3.05) is 11.1 Å². The summed E-state index contributed by atoms with van der Waals surface area (Å²) in [7, 11) is 0. The highest BCUT2D eigenvalue weighted by Crippen LogP contribution is 2.40. The van der Waals surface area contributed by atoms with Gasteiger partial charge >= 0.3 is 0 Å². The molecule has 0 radical (unpaired) electrons. The number of thioether (sulfide) groups is 1. The number of nitrogens with one attached hydrogen (secondary N) is 1. The van der Waals surface area contributed by atoms with Gasteiger partial charge in [-0.3, -0.25) is 4.79 Å². The van der Waals surface area contributed by atoms with Crippen LogP contribution >= 0.6 is 23.4 Å². The van der Waals surface area contributed by atoms with E-state index in [1.165, 1.54) is 17.3 Å². The van der Waals surface area contributed by atoms with Crippen molar-refractivity contribution in [2.24, 2.45) is 0 Å². The van der Waals surface area contributed by atoms with Crippen molar-refractivity contribution in [2.45, 2.75) is 18.4 Å². The molecular weight excluding hydrogens is 454 g/mol. The molecule has 164 valence electrons. The number of hydrogen-bond donors (Lipinski definition) is 1. The molecule has 0 saturated heterocycles. The SMILES string of the molecule is Cc1ccc2c(c1)Cc1c(nc(-c3ccccc3)nc1SCC(=O)Nc1ccc(Cl)cc1)O2. The Morgan fingerprint density at radius 1 is 1.06 bits per heavy atom. The normalized spacial score (nSPS) is 11.8. The predicted octanol–water partition coefficient (Wildman–Crippen LogP) is 6.53. The van der Waals surface area contributed by atoms with E-state index in [0.717, 1.165) is 27.5 Å². The van der Waals surface area contributed by atoms with E-state index in [2.05, 4.69) is 18.3 Å². The number of carbonyl (C=O) groups is 1. The van der Waals surface area contributed by atoms with E-state index in [1.54, 1.807) is 24.3 Å². The van der Waals surface area contributed by atoms with Gasteiger partial charge in [-0.2, -0.15) is 4.98 Å². The third-order valence-corrected chi connectivity index (χ3v) is 6.49. The number of fused-ring (bicyclic) bond motifs is 2. The molecule has 1 aromatic heterocycles. The minimum atomic E-state index is -0.121. The van der Waals surface area contributed by atoms with Crippen LogP contribution in [0.5, 0.6) is 11.6 Å². The Labute approximate surface area is 201 Å². The zero-order valence-corrected chi connectivity index (χ0v) is 19.4. The minimum Gasteiger partial charge on any atom is -0.438 e. The van der Waals surface area contributed by atoms with Crippen LogP contribution in [0.4, 0.5) is 5.69 Å². The maximum atomic E-state index is 12.6. The summed E-state index contributed by atoms with van der Waals surface area (Å²) in [4.78, 5) is 22.1. The second-order valence-corrected chi connectivity index (χ2v) is 9.14. The molecular formula is C26H20ClN3O2S. The lowest BCUT2D eigenvalue weighted by Crippen LogP contribution is -2.15. The first-order valence-electron chi connectivity index (χ1n) is 10.5. The van der Waals surface area contributed by atoms with E-state index in [4.69, 9.17) is 26.3 Å². The summed E-state index contributed by atoms with van der Waals surface area (Å²) in [5, 5.41) is 4.27. The highest BCUT2D eigenvalue weighted by Gasteiger charge is 2.24. The molecule has 5 rings (SSSR count). The van der Waals surface area contributed by atoms with Gasteiger partial charge in [-0.25, -0.2) is 4.98 Å². The van der Waals surface area contributed by atoms with Crippen molar-refractivity contribution in [3.05, 3.63) is 94.5 Å². The summed E-state index contributed by atoms with van der Waals surface area (Å²) < 4.78 is 6.17. The van der Waals surface area contributed by atoms with Crippen molar-refractivity contribution in [3.63, 3.8) is 0 Å². The summed E-state index contributed by atoms with van der Waals surface area (Å²) in [6.07, 6.45) is 0.655. The first-order valence-corrected chi connectivity index (χ1v) is 11.8. The number of ether oxygens (including phenoxy) is 1. The van der Waals surface area contributed by atoms with Gasteiger partial charge in [0.2, 0.25) is 11.8 Å². The van der Waals surface area contributed by atoms with Crippen LogP contribution in [0.1, 0.15) is 16.7 Å². The van der Waals surface area contributed by atoms with Crippen LogP contribution in [0.3, 0.4) is 0 Å². The molecule has 1 aliphatic heterocycles. The minimum absolute atomic E-state index is 0.121. The molecule has 3 aromatic carbocycles. The number of anilines is 1. The van der Waals surface area contributed by atoms with Crippen molar-refractivity contribution in [3.8, 4) is 23.0 Å². The molecule has 0 unspecified atom stereocenters. The first kappa shape index (κ1) is 21.5. The largest absolute Gasteiger partial charge is 0.438 e. The molecule has 1 amide bonds. The highest BCUT2D eigenvalue weighted by molar-refractivity contribution is 8.00. The van der Waals surface area contributed by atoms with Crippen LogP contribution < -0.4 is 10.1 Å². The fourth-order valence-corrected chi connectivity index (χ4v) is 4.57. The fraction of sp³-hybridized carbons (Fsp3) is 0.115. The van der Waals surface area contributed by atoms with Crippen LogP contribution in [0.25, 0.3) is 11.4 Å². The topological polar surface area (TPSA) is 64.1 Å². The number of amides is 1. The molecule has 4 aromatic rings. The lowest BCUT2D eigenvalue weighted by atomic mass is 10.0. The second-order valence-electron chi connectivity index (χ2n) is 7.74. The molecule has 0 fully saturated rings. The summed E-state index contributed by atoms with van der Waals surface area (Å²) in [6.45, 7) is 2.06. The monoisotopic (exact) mass is 473 g/mol. The molecule has 1 aliphatic rings. The molecule has 0 aliphatic carbocycles. The number of aromatic nitrogens is 2. The van der Waals surface area contributed by atoms with Gasteiger partial charge in [0.05, 0.1) is 11.3 Å². The molecule has 5 nitrogen and oxygen atoms in total. The summed E-state index contributed by atoms with van der Waals surface area (Å²) >= 11 is 7.31. The average Bonchev–Trinajstić information content (AvgIpc) is 2.83. The maximum absolute atomic E-state index is 12.6. The number of aryl methyl sites for hydroxylation is 1. The Morgan fingerprint density at radius 3 is 2.64 bits per heavy atom. The Bertz CT molecular complexity index is 1330. The quantitative estimate of drug-likeness (QED) is 0.232. The van der Waals surface area contributed by atoms with E-state index >= 15 is 0 Å². The predicted molar refractivity (Wildman–Crippen MR) is 132 cm³/mol. The summed E-state index contributed by atoms with van der Waals surface area (Å²) in [5.74, 6) is 2.01. The number of hydrogen-bond acceptors (Lipinski definition) is 5. The molecule has 0 spiro atoms. The van der Waals surface area contributed by atoms with Gasteiger partial charge in [-0.1, -0.05) is 71.4 Å². The zero-order chi connectivity index (χ0) is 22.8. The van der Waals surface area contributed by atoms with Gasteiger partial charge < -0.3 is 10.1 Å². The Hall–Kier alpha value is -3.35. The number of carbonyl (C=O) groups excluding carboxylic acids is 1. The Morgan fingerprint density at radius 2 is 1.85 bits per heavy atom. The van der Waals surface area contributed by atoms with Gasteiger partial charge in [-0.05, 0) is 42.8 Å². The third kappa shape index (κ3) is 4.87. The lowest BCUT2D eigenvalue weighted by Gasteiger charge is -2.22. The second kappa shape index (κ2) is 9.25. The van der Waals surface area contributed by atoms with Crippen LogP contribution in [0.2, 0.25) is 5.02 Å². The first-order chi connectivity index (χ1) is 16.0. The standard InChI is InChI=1S/C26H20ClN3O2S/c1-16-7-12-22-18(13-16)14-21-25(32-22)29-24(17-5-3-2-4-6-17)30-26(21)33-15-23(31)28-20-10-8-19(27)9-11-20/h2-13H,14-15H2,1H3,(H,28,31). The molecule has 7 heteroatoms. The van der Waals surface area contributed by atoms with Crippen LogP contribution in [-0.2, 0) is 11.2 Å². The van der Waals surface area contributed by atoms with E-state index in [9.17, 15) is 4.79 Å². The van der Waals surface area contributed by atoms with E-state index < -0.39 is 0 Å².